The van der Waals surface area contributed by atoms with Gasteiger partial charge in [-0.15, -0.1) is 0 Å². The van der Waals surface area contributed by atoms with Gasteiger partial charge in [-0.25, -0.2) is 9.97 Å². The van der Waals surface area contributed by atoms with Gasteiger partial charge in [0.1, 0.15) is 0 Å². The molecule has 0 aliphatic carbocycles. The number of nitrogens with zero attached hydrogens (tertiary/aromatic N) is 4. The summed E-state index contributed by atoms with van der Waals surface area (Å²) in [5.74, 6) is 1.72. The molecule has 0 saturated heterocycles. The van der Waals surface area contributed by atoms with Crippen molar-refractivity contribution in [3.8, 4) is 0 Å². The van der Waals surface area contributed by atoms with Crippen LogP contribution in [0, 0.1) is 0 Å². The molecule has 4 aromatic heterocycles. The predicted molar refractivity (Wildman–Crippen MR) is 103 cm³/mol. The molecule has 0 unspecified atom stereocenters. The Balaban J connectivity index is 1.70. The van der Waals surface area contributed by atoms with Gasteiger partial charge in [0.15, 0.2) is 0 Å². The summed E-state index contributed by atoms with van der Waals surface area (Å²) < 4.78 is 4.34. The van der Waals surface area contributed by atoms with Gasteiger partial charge < -0.3 is 9.97 Å². The lowest BCUT2D eigenvalue weighted by molar-refractivity contribution is 1.27. The first-order valence-electron chi connectivity index (χ1n) is 8.55. The van der Waals surface area contributed by atoms with Gasteiger partial charge in [0.25, 0.3) is 0 Å². The highest BCUT2D eigenvalue weighted by atomic mass is 15.1. The van der Waals surface area contributed by atoms with E-state index in [1.54, 1.807) is 0 Å². The molecule has 0 fully saturated rings. The van der Waals surface area contributed by atoms with Crippen molar-refractivity contribution in [2.75, 3.05) is 0 Å². The molecule has 6 nitrogen and oxygen atoms in total. The Labute approximate surface area is 145 Å². The number of para-hydroxylation sites is 4. The lowest BCUT2D eigenvalue weighted by Crippen LogP contribution is -1.82. The molecule has 6 heteroatoms. The van der Waals surface area contributed by atoms with E-state index in [0.717, 1.165) is 55.7 Å². The molecule has 7 rings (SSSR count). The molecule has 4 heterocycles. The van der Waals surface area contributed by atoms with E-state index in [1.807, 2.05) is 36.4 Å². The van der Waals surface area contributed by atoms with Crippen LogP contribution in [-0.4, -0.2) is 28.7 Å². The molecule has 0 aliphatic heterocycles. The van der Waals surface area contributed by atoms with Gasteiger partial charge in [0, 0.05) is 0 Å². The van der Waals surface area contributed by atoms with Crippen molar-refractivity contribution >= 4 is 55.7 Å². The number of H-pyrrole nitrogens is 2. The van der Waals surface area contributed by atoms with Gasteiger partial charge in [0.2, 0.25) is 11.6 Å². The SMILES string of the molecule is c1ccc2c(c1)nc1[nH]c3cc4c(cc3n12)[nH]c1nc2ccccc2n14. The van der Waals surface area contributed by atoms with E-state index >= 15 is 0 Å². The summed E-state index contributed by atoms with van der Waals surface area (Å²) in [6.45, 7) is 0. The minimum atomic E-state index is 0.862. The summed E-state index contributed by atoms with van der Waals surface area (Å²) in [5, 5.41) is 0. The average molecular weight is 336 g/mol. The Morgan fingerprint density at radius 2 is 1.04 bits per heavy atom. The first-order valence-corrected chi connectivity index (χ1v) is 8.55. The van der Waals surface area contributed by atoms with E-state index in [0.29, 0.717) is 0 Å². The van der Waals surface area contributed by atoms with Gasteiger partial charge in [-0.2, -0.15) is 0 Å². The fourth-order valence-electron chi connectivity index (χ4n) is 4.10. The fraction of sp³-hybridized carbons (Fsp3) is 0. The zero-order valence-electron chi connectivity index (χ0n) is 13.6. The van der Waals surface area contributed by atoms with Crippen LogP contribution in [0.3, 0.4) is 0 Å². The molecule has 0 spiro atoms. The first kappa shape index (κ1) is 12.5. The molecule has 0 radical (unpaired) electrons. The maximum absolute atomic E-state index is 4.71. The molecule has 0 bridgehead atoms. The van der Waals surface area contributed by atoms with Crippen LogP contribution in [0.4, 0.5) is 0 Å². The summed E-state index contributed by atoms with van der Waals surface area (Å²) in [5.41, 5.74) is 8.53. The maximum atomic E-state index is 4.71. The molecule has 122 valence electrons. The Kier molecular flexibility index (Phi) is 1.96. The monoisotopic (exact) mass is 336 g/mol. The second-order valence-corrected chi connectivity index (χ2v) is 6.66. The first-order chi connectivity index (χ1) is 12.9. The molecular weight excluding hydrogens is 324 g/mol. The molecule has 26 heavy (non-hydrogen) atoms. The number of benzene rings is 3. The van der Waals surface area contributed by atoms with Crippen molar-refractivity contribution < 1.29 is 0 Å². The molecule has 0 amide bonds. The molecule has 0 aliphatic rings. The fourth-order valence-corrected chi connectivity index (χ4v) is 4.10. The van der Waals surface area contributed by atoms with Crippen LogP contribution in [0.25, 0.3) is 55.7 Å². The highest BCUT2D eigenvalue weighted by Crippen LogP contribution is 2.29. The van der Waals surface area contributed by atoms with E-state index in [1.165, 1.54) is 0 Å². The van der Waals surface area contributed by atoms with Crippen molar-refractivity contribution in [3.63, 3.8) is 0 Å². The summed E-state index contributed by atoms with van der Waals surface area (Å²) in [7, 11) is 0. The second kappa shape index (κ2) is 4.05. The Morgan fingerprint density at radius 3 is 1.54 bits per heavy atom. The third kappa shape index (κ3) is 1.35. The number of fused-ring (bicyclic) bond motifs is 10. The lowest BCUT2D eigenvalue weighted by atomic mass is 10.2. The van der Waals surface area contributed by atoms with Gasteiger partial charge in [-0.05, 0) is 36.4 Å². The number of aromatic nitrogens is 6. The third-order valence-electron chi connectivity index (χ3n) is 5.21. The highest BCUT2D eigenvalue weighted by Gasteiger charge is 2.15. The van der Waals surface area contributed by atoms with Crippen molar-refractivity contribution in [2.24, 2.45) is 0 Å². The normalized spacial score (nSPS) is 12.6. The van der Waals surface area contributed by atoms with Gasteiger partial charge in [-0.3, -0.25) is 8.80 Å². The molecule has 7 aromatic rings. The summed E-state index contributed by atoms with van der Waals surface area (Å²) in [6, 6.07) is 20.7. The molecular formula is C20H12N6. The largest absolute Gasteiger partial charge is 0.323 e. The quantitative estimate of drug-likeness (QED) is 0.435. The highest BCUT2D eigenvalue weighted by molar-refractivity contribution is 5.99. The zero-order chi connectivity index (χ0) is 16.8. The minimum Gasteiger partial charge on any atom is -0.323 e. The Bertz CT molecular complexity index is 1510. The number of nitrogens with one attached hydrogen (secondary N) is 2. The second-order valence-electron chi connectivity index (χ2n) is 6.66. The van der Waals surface area contributed by atoms with E-state index in [2.05, 4.69) is 43.0 Å². The van der Waals surface area contributed by atoms with E-state index in [-0.39, 0.29) is 0 Å². The van der Waals surface area contributed by atoms with E-state index in [4.69, 9.17) is 9.97 Å². The van der Waals surface area contributed by atoms with Crippen molar-refractivity contribution in [2.45, 2.75) is 0 Å². The van der Waals surface area contributed by atoms with Crippen LogP contribution in [0.15, 0.2) is 60.7 Å². The Hall–Kier alpha value is -3.80. The molecule has 0 saturated carbocycles. The van der Waals surface area contributed by atoms with Crippen LogP contribution in [0.2, 0.25) is 0 Å². The van der Waals surface area contributed by atoms with E-state index in [9.17, 15) is 0 Å². The van der Waals surface area contributed by atoms with Gasteiger partial charge in [-0.1, -0.05) is 24.3 Å². The molecule has 0 atom stereocenters. The topological polar surface area (TPSA) is 66.2 Å². The number of hydrogen-bond donors (Lipinski definition) is 2. The van der Waals surface area contributed by atoms with Gasteiger partial charge in [0.05, 0.1) is 44.1 Å². The number of hydrogen-bond acceptors (Lipinski definition) is 2. The summed E-state index contributed by atoms with van der Waals surface area (Å²) >= 11 is 0. The lowest BCUT2D eigenvalue weighted by Gasteiger charge is -1.97. The van der Waals surface area contributed by atoms with Crippen LogP contribution in [0.1, 0.15) is 0 Å². The van der Waals surface area contributed by atoms with Crippen LogP contribution < -0.4 is 0 Å². The summed E-state index contributed by atoms with van der Waals surface area (Å²) in [6.07, 6.45) is 0. The van der Waals surface area contributed by atoms with Crippen molar-refractivity contribution in [3.05, 3.63) is 60.7 Å². The van der Waals surface area contributed by atoms with Crippen LogP contribution in [0.5, 0.6) is 0 Å². The molecule has 3 aromatic carbocycles. The maximum Gasteiger partial charge on any atom is 0.213 e. The average Bonchev–Trinajstić information content (AvgIpc) is 3.36. The summed E-state index contributed by atoms with van der Waals surface area (Å²) in [4.78, 5) is 16.3. The Morgan fingerprint density at radius 1 is 0.577 bits per heavy atom. The number of rotatable bonds is 0. The van der Waals surface area contributed by atoms with E-state index < -0.39 is 0 Å². The smallest absolute Gasteiger partial charge is 0.213 e. The van der Waals surface area contributed by atoms with Crippen LogP contribution in [-0.2, 0) is 0 Å². The van der Waals surface area contributed by atoms with Gasteiger partial charge >= 0.3 is 0 Å². The minimum absolute atomic E-state index is 0.862. The number of aromatic amines is 2. The van der Waals surface area contributed by atoms with Crippen LogP contribution >= 0.6 is 0 Å². The standard InChI is InChI=1S/C20H12N6/c1-3-7-15-11(5-1)21-19-23-13-10-18-14(9-17(13)25(15)19)24-20-22-12-6-2-4-8-16(12)26(18)20/h1-10H,(H,21,23)(H,22,24). The van der Waals surface area contributed by atoms with Crippen molar-refractivity contribution in [1.29, 1.82) is 0 Å². The third-order valence-corrected chi connectivity index (χ3v) is 5.21. The zero-order valence-corrected chi connectivity index (χ0v) is 13.6. The predicted octanol–water partition coefficient (Wildman–Crippen LogP) is 4.25. The van der Waals surface area contributed by atoms with Crippen molar-refractivity contribution in [1.82, 2.24) is 28.7 Å². The number of imidazole rings is 4. The molecule has 2 N–H and O–H groups in total.